The van der Waals surface area contributed by atoms with E-state index in [4.69, 9.17) is 0 Å². The summed E-state index contributed by atoms with van der Waals surface area (Å²) in [5.41, 5.74) is 5.23. The largest absolute Gasteiger partial charge is 0.573 e. The van der Waals surface area contributed by atoms with Crippen molar-refractivity contribution >= 4 is 11.6 Å². The van der Waals surface area contributed by atoms with E-state index in [1.807, 2.05) is 23.1 Å². The number of fused-ring (bicyclic) bond motifs is 2. The average molecular weight is 529 g/mol. The monoisotopic (exact) mass is 528 g/mol. The lowest BCUT2D eigenvalue weighted by molar-refractivity contribution is -0.274. The molecule has 0 bridgehead atoms. The Balaban J connectivity index is 1.77. The Labute approximate surface area is 224 Å². The summed E-state index contributed by atoms with van der Waals surface area (Å²) >= 11 is 0. The van der Waals surface area contributed by atoms with Gasteiger partial charge in [0.25, 0.3) is 5.91 Å². The maximum Gasteiger partial charge on any atom is 0.573 e. The number of halogens is 3. The van der Waals surface area contributed by atoms with Gasteiger partial charge in [-0.15, -0.1) is 13.2 Å². The summed E-state index contributed by atoms with van der Waals surface area (Å²) < 4.78 is 41.9. The zero-order valence-corrected chi connectivity index (χ0v) is 23.0. The van der Waals surface area contributed by atoms with E-state index in [9.17, 15) is 18.0 Å². The maximum absolute atomic E-state index is 13.9. The molecule has 2 aromatic rings. The Morgan fingerprint density at radius 3 is 2.37 bits per heavy atom. The number of anilines is 1. The number of ether oxygens (including phenoxy) is 1. The second-order valence-electron chi connectivity index (χ2n) is 10.5. The van der Waals surface area contributed by atoms with Crippen LogP contribution in [0.4, 0.5) is 18.9 Å². The number of allylic oxidation sites excluding steroid dienone is 2. The van der Waals surface area contributed by atoms with Gasteiger partial charge in [0.1, 0.15) is 5.75 Å². The van der Waals surface area contributed by atoms with Crippen LogP contribution in [0.3, 0.4) is 0 Å². The summed E-state index contributed by atoms with van der Waals surface area (Å²) in [5.74, 6) is 0.183. The van der Waals surface area contributed by atoms with Gasteiger partial charge in [-0.2, -0.15) is 0 Å². The number of alkyl halides is 3. The smallest absolute Gasteiger partial charge is 0.406 e. The maximum atomic E-state index is 13.9. The lowest BCUT2D eigenvalue weighted by Gasteiger charge is -2.49. The van der Waals surface area contributed by atoms with E-state index in [0.717, 1.165) is 49.9 Å². The number of hydrogen-bond acceptors (Lipinski definition) is 3. The fourth-order valence-corrected chi connectivity index (χ4v) is 6.46. The van der Waals surface area contributed by atoms with Crippen LogP contribution in [0.25, 0.3) is 0 Å². The van der Waals surface area contributed by atoms with Crippen LogP contribution in [0.1, 0.15) is 88.7 Å². The Morgan fingerprint density at radius 1 is 1.08 bits per heavy atom. The van der Waals surface area contributed by atoms with Gasteiger partial charge in [-0.1, -0.05) is 51.0 Å². The molecule has 0 saturated heterocycles. The first-order valence-corrected chi connectivity index (χ1v) is 13.9. The van der Waals surface area contributed by atoms with E-state index in [1.165, 1.54) is 35.5 Å². The van der Waals surface area contributed by atoms with Gasteiger partial charge >= 0.3 is 6.36 Å². The van der Waals surface area contributed by atoms with Crippen molar-refractivity contribution in [2.75, 3.05) is 11.4 Å². The number of rotatable bonds is 8. The molecular weight excluding hydrogens is 489 g/mol. The van der Waals surface area contributed by atoms with Gasteiger partial charge < -0.3 is 14.5 Å². The summed E-state index contributed by atoms with van der Waals surface area (Å²) in [7, 11) is 0. The van der Waals surface area contributed by atoms with Gasteiger partial charge in [-0.25, -0.2) is 0 Å². The highest BCUT2D eigenvalue weighted by atomic mass is 19.4. The van der Waals surface area contributed by atoms with E-state index >= 15 is 0 Å². The molecule has 4 atom stereocenters. The van der Waals surface area contributed by atoms with Crippen molar-refractivity contribution in [3.63, 3.8) is 0 Å². The van der Waals surface area contributed by atoms with Crippen molar-refractivity contribution in [3.05, 3.63) is 70.9 Å². The van der Waals surface area contributed by atoms with Crippen molar-refractivity contribution in [2.45, 2.75) is 85.2 Å². The highest BCUT2D eigenvalue weighted by molar-refractivity contribution is 6.07. The Morgan fingerprint density at radius 2 is 1.76 bits per heavy atom. The molecule has 0 aromatic heterocycles. The van der Waals surface area contributed by atoms with Crippen LogP contribution in [0, 0.1) is 11.8 Å². The second kappa shape index (κ2) is 11.4. The SMILES string of the molecule is CC/C(C)=C(/C(C)CC)N(CC)C1c2ccccc2N(C(=O)c2ccc(OC(F)(F)F)cc2)C2CCCC12. The van der Waals surface area contributed by atoms with Crippen LogP contribution in [0.15, 0.2) is 59.8 Å². The molecule has 7 heteroatoms. The molecule has 1 amide bonds. The van der Waals surface area contributed by atoms with Crippen molar-refractivity contribution < 1.29 is 22.7 Å². The van der Waals surface area contributed by atoms with Crippen LogP contribution >= 0.6 is 0 Å². The van der Waals surface area contributed by atoms with Gasteiger partial charge in [-0.05, 0) is 81.3 Å². The summed E-state index contributed by atoms with van der Waals surface area (Å²) in [6, 6.07) is 13.6. The predicted octanol–water partition coefficient (Wildman–Crippen LogP) is 8.51. The van der Waals surface area contributed by atoms with Gasteiger partial charge in [-0.3, -0.25) is 4.79 Å². The lowest BCUT2D eigenvalue weighted by atomic mass is 9.80. The minimum Gasteiger partial charge on any atom is -0.406 e. The average Bonchev–Trinajstić information content (AvgIpc) is 3.38. The first kappa shape index (κ1) is 28.1. The fourth-order valence-electron chi connectivity index (χ4n) is 6.46. The summed E-state index contributed by atoms with van der Waals surface area (Å²) in [6.45, 7) is 12.1. The number of nitrogens with zero attached hydrogens (tertiary/aromatic N) is 2. The summed E-state index contributed by atoms with van der Waals surface area (Å²) in [4.78, 5) is 18.4. The van der Waals surface area contributed by atoms with Crippen LogP contribution in [0.5, 0.6) is 5.75 Å². The number of amides is 1. The minimum atomic E-state index is -4.77. The van der Waals surface area contributed by atoms with E-state index in [1.54, 1.807) is 0 Å². The van der Waals surface area contributed by atoms with E-state index < -0.39 is 6.36 Å². The zero-order valence-electron chi connectivity index (χ0n) is 23.0. The van der Waals surface area contributed by atoms with Crippen molar-refractivity contribution in [2.24, 2.45) is 11.8 Å². The highest BCUT2D eigenvalue weighted by Gasteiger charge is 2.48. The molecule has 4 rings (SSSR count). The first-order chi connectivity index (χ1) is 18.1. The highest BCUT2D eigenvalue weighted by Crippen LogP contribution is 2.52. The molecule has 0 N–H and O–H groups in total. The standard InChI is InChI=1S/C31H39F3N2O2/c1-6-20(4)28(21(5)7-2)35(8-3)29-24-12-9-10-14-26(24)36(27-15-11-13-25(27)29)30(37)22-16-18-23(19-17-22)38-31(32,33)34/h9-10,12,14,16-20,25,27,29H,6-8,11,13,15H2,1-5H3/b28-21-. The number of carbonyl (C=O) groups excluding carboxylic acids is 1. The van der Waals surface area contributed by atoms with Crippen LogP contribution in [0.2, 0.25) is 0 Å². The fraction of sp³-hybridized carbons (Fsp3) is 0.516. The van der Waals surface area contributed by atoms with E-state index in [2.05, 4.69) is 50.3 Å². The predicted molar refractivity (Wildman–Crippen MR) is 145 cm³/mol. The molecule has 4 unspecified atom stereocenters. The summed E-state index contributed by atoms with van der Waals surface area (Å²) in [6.07, 6.45) is 0.258. The van der Waals surface area contributed by atoms with E-state index in [-0.39, 0.29) is 29.7 Å². The molecule has 2 aromatic carbocycles. The molecule has 206 valence electrons. The van der Waals surface area contributed by atoms with Crippen molar-refractivity contribution in [3.8, 4) is 5.75 Å². The minimum absolute atomic E-state index is 0.0302. The molecule has 1 saturated carbocycles. The van der Waals surface area contributed by atoms with Crippen LogP contribution < -0.4 is 9.64 Å². The van der Waals surface area contributed by atoms with Gasteiger partial charge in [0.15, 0.2) is 0 Å². The molecule has 4 nitrogen and oxygen atoms in total. The second-order valence-corrected chi connectivity index (χ2v) is 10.5. The molecule has 38 heavy (non-hydrogen) atoms. The third-order valence-electron chi connectivity index (χ3n) is 8.37. The molecular formula is C31H39F3N2O2. The summed E-state index contributed by atoms with van der Waals surface area (Å²) in [5, 5.41) is 0. The Bertz CT molecular complexity index is 1160. The molecule has 1 aliphatic carbocycles. The van der Waals surface area contributed by atoms with Crippen molar-refractivity contribution in [1.29, 1.82) is 0 Å². The number of carbonyl (C=O) groups is 1. The lowest BCUT2D eigenvalue weighted by Crippen LogP contribution is -2.51. The Hall–Kier alpha value is -2.96. The van der Waals surface area contributed by atoms with Gasteiger partial charge in [0.05, 0.1) is 6.04 Å². The van der Waals surface area contributed by atoms with Gasteiger partial charge in [0, 0.05) is 35.5 Å². The number of hydrogen-bond donors (Lipinski definition) is 0. The first-order valence-electron chi connectivity index (χ1n) is 13.9. The molecule has 1 heterocycles. The van der Waals surface area contributed by atoms with Crippen molar-refractivity contribution in [1.82, 2.24) is 4.90 Å². The third kappa shape index (κ3) is 5.43. The van der Waals surface area contributed by atoms with E-state index in [0.29, 0.717) is 11.5 Å². The molecule has 0 radical (unpaired) electrons. The quantitative estimate of drug-likeness (QED) is 0.344. The normalized spacial score (nSPS) is 22.3. The Kier molecular flexibility index (Phi) is 8.43. The molecule has 1 fully saturated rings. The topological polar surface area (TPSA) is 32.8 Å². The van der Waals surface area contributed by atoms with Gasteiger partial charge in [0.2, 0.25) is 0 Å². The van der Waals surface area contributed by atoms with Crippen LogP contribution in [-0.2, 0) is 0 Å². The molecule has 0 spiro atoms. The molecule has 1 aliphatic heterocycles. The third-order valence-corrected chi connectivity index (χ3v) is 8.37. The zero-order chi connectivity index (χ0) is 27.6. The number of benzene rings is 2. The van der Waals surface area contributed by atoms with Crippen LogP contribution in [-0.4, -0.2) is 29.8 Å². The molecule has 2 aliphatic rings. The number of para-hydroxylation sites is 1.